The summed E-state index contributed by atoms with van der Waals surface area (Å²) in [7, 11) is 5.74. The lowest BCUT2D eigenvalue weighted by Gasteiger charge is -2.19. The molecule has 2 nitrogen and oxygen atoms in total. The van der Waals surface area contributed by atoms with Gasteiger partial charge in [0, 0.05) is 23.7 Å². The van der Waals surface area contributed by atoms with Crippen molar-refractivity contribution in [2.24, 2.45) is 0 Å². The molecular formula is C11H13BClNO. The Morgan fingerprint density at radius 1 is 1.40 bits per heavy atom. The molecule has 0 aliphatic carbocycles. The minimum absolute atomic E-state index is 0.0471. The fourth-order valence-electron chi connectivity index (χ4n) is 1.41. The highest BCUT2D eigenvalue weighted by Crippen LogP contribution is 2.09. The van der Waals surface area contributed by atoms with Crippen molar-refractivity contribution in [3.63, 3.8) is 0 Å². The van der Waals surface area contributed by atoms with E-state index < -0.39 is 0 Å². The lowest BCUT2D eigenvalue weighted by molar-refractivity contribution is 0.0774. The molecule has 0 aliphatic heterocycles. The molecule has 1 rings (SSSR count). The van der Waals surface area contributed by atoms with Gasteiger partial charge in [-0.1, -0.05) is 17.1 Å². The van der Waals surface area contributed by atoms with Crippen LogP contribution in [-0.2, 0) is 0 Å². The highest BCUT2D eigenvalue weighted by atomic mass is 35.5. The van der Waals surface area contributed by atoms with Gasteiger partial charge < -0.3 is 4.90 Å². The van der Waals surface area contributed by atoms with Gasteiger partial charge in [0.05, 0.1) is 0 Å². The molecule has 0 N–H and O–H groups in total. The van der Waals surface area contributed by atoms with Crippen molar-refractivity contribution in [2.75, 3.05) is 13.1 Å². The van der Waals surface area contributed by atoms with Crippen LogP contribution in [0, 0.1) is 0 Å². The van der Waals surface area contributed by atoms with Crippen LogP contribution in [0.1, 0.15) is 24.2 Å². The molecule has 0 unspecified atom stereocenters. The maximum atomic E-state index is 11.9. The Hall–Kier alpha value is -0.955. The quantitative estimate of drug-likeness (QED) is 0.710. The van der Waals surface area contributed by atoms with Crippen molar-refractivity contribution in [3.8, 4) is 0 Å². The number of nitrogens with zero attached hydrogens (tertiary/aromatic N) is 1. The monoisotopic (exact) mass is 221 g/mol. The van der Waals surface area contributed by atoms with Gasteiger partial charge in [0.15, 0.2) is 0 Å². The zero-order valence-corrected chi connectivity index (χ0v) is 9.71. The number of amides is 1. The van der Waals surface area contributed by atoms with Gasteiger partial charge in [0.2, 0.25) is 0 Å². The van der Waals surface area contributed by atoms with Gasteiger partial charge in [0.1, 0.15) is 7.85 Å². The summed E-state index contributed by atoms with van der Waals surface area (Å²) in [6.07, 6.45) is 0. The molecule has 4 heteroatoms. The first-order valence-corrected chi connectivity index (χ1v) is 5.32. The molecule has 2 radical (unpaired) electrons. The summed E-state index contributed by atoms with van der Waals surface area (Å²) in [5.74, 6) is -0.0471. The standard InChI is InChI=1S/C11H13BClNO/c1-3-14(4-2)11(15)9-6-5-8(13)7-10(9)12/h5-7H,3-4H2,1-2H3. The highest BCUT2D eigenvalue weighted by Gasteiger charge is 2.13. The maximum Gasteiger partial charge on any atom is 0.253 e. The molecule has 78 valence electrons. The smallest absolute Gasteiger partial charge is 0.253 e. The molecule has 1 aromatic rings. The van der Waals surface area contributed by atoms with Crippen LogP contribution in [-0.4, -0.2) is 31.7 Å². The van der Waals surface area contributed by atoms with E-state index in [0.717, 1.165) is 0 Å². The number of carbonyl (C=O) groups is 1. The van der Waals surface area contributed by atoms with Crippen LogP contribution in [0.25, 0.3) is 0 Å². The van der Waals surface area contributed by atoms with E-state index in [1.165, 1.54) is 0 Å². The van der Waals surface area contributed by atoms with E-state index in [1.54, 1.807) is 23.1 Å². The Kier molecular flexibility index (Phi) is 4.21. The Labute approximate surface area is 96.6 Å². The third-order valence-corrected chi connectivity index (χ3v) is 2.53. The van der Waals surface area contributed by atoms with Crippen LogP contribution in [0.5, 0.6) is 0 Å². The van der Waals surface area contributed by atoms with E-state index in [-0.39, 0.29) is 5.91 Å². The van der Waals surface area contributed by atoms with E-state index in [0.29, 0.717) is 29.1 Å². The Morgan fingerprint density at radius 3 is 2.47 bits per heavy atom. The van der Waals surface area contributed by atoms with Crippen LogP contribution in [0.15, 0.2) is 18.2 Å². The van der Waals surface area contributed by atoms with Crippen LogP contribution in [0.4, 0.5) is 0 Å². The normalized spacial score (nSPS) is 10.1. The average Bonchev–Trinajstić information content (AvgIpc) is 2.19. The lowest BCUT2D eigenvalue weighted by atomic mass is 9.90. The van der Waals surface area contributed by atoms with Crippen molar-refractivity contribution in [2.45, 2.75) is 13.8 Å². The minimum Gasteiger partial charge on any atom is -0.339 e. The molecule has 15 heavy (non-hydrogen) atoms. The fraction of sp³-hybridized carbons (Fsp3) is 0.364. The van der Waals surface area contributed by atoms with E-state index in [2.05, 4.69) is 0 Å². The van der Waals surface area contributed by atoms with Gasteiger partial charge in [0.25, 0.3) is 5.91 Å². The number of rotatable bonds is 3. The van der Waals surface area contributed by atoms with Crippen LogP contribution in [0.2, 0.25) is 5.02 Å². The SMILES string of the molecule is [B]c1cc(Cl)ccc1C(=O)N(CC)CC. The van der Waals surface area contributed by atoms with E-state index in [1.807, 2.05) is 13.8 Å². The molecule has 0 heterocycles. The second-order valence-corrected chi connectivity index (χ2v) is 3.65. The van der Waals surface area contributed by atoms with Crippen molar-refractivity contribution < 1.29 is 4.79 Å². The van der Waals surface area contributed by atoms with E-state index in [4.69, 9.17) is 19.4 Å². The zero-order chi connectivity index (χ0) is 11.4. The number of hydrogen-bond acceptors (Lipinski definition) is 1. The zero-order valence-electron chi connectivity index (χ0n) is 8.96. The van der Waals surface area contributed by atoms with Crippen molar-refractivity contribution >= 4 is 30.8 Å². The van der Waals surface area contributed by atoms with Crippen molar-refractivity contribution in [1.29, 1.82) is 0 Å². The number of halogens is 1. The summed E-state index contributed by atoms with van der Waals surface area (Å²) in [5.41, 5.74) is 0.947. The molecule has 0 atom stereocenters. The topological polar surface area (TPSA) is 20.3 Å². The molecule has 1 amide bonds. The Morgan fingerprint density at radius 2 is 2.00 bits per heavy atom. The predicted octanol–water partition coefficient (Wildman–Crippen LogP) is 1.62. The molecular weight excluding hydrogens is 208 g/mol. The van der Waals surface area contributed by atoms with Crippen LogP contribution in [0.3, 0.4) is 0 Å². The van der Waals surface area contributed by atoms with Crippen LogP contribution < -0.4 is 5.46 Å². The first-order valence-electron chi connectivity index (χ1n) is 4.94. The second kappa shape index (κ2) is 5.22. The van der Waals surface area contributed by atoms with Gasteiger partial charge in [-0.2, -0.15) is 0 Å². The van der Waals surface area contributed by atoms with Gasteiger partial charge in [-0.25, -0.2) is 0 Å². The number of benzene rings is 1. The molecule has 0 aliphatic rings. The Bertz CT molecular complexity index is 364. The third-order valence-electron chi connectivity index (χ3n) is 2.29. The highest BCUT2D eigenvalue weighted by molar-refractivity contribution is 6.39. The van der Waals surface area contributed by atoms with E-state index >= 15 is 0 Å². The van der Waals surface area contributed by atoms with Gasteiger partial charge in [-0.3, -0.25) is 4.79 Å². The predicted molar refractivity (Wildman–Crippen MR) is 64.1 cm³/mol. The Balaban J connectivity index is 3.00. The first-order chi connectivity index (χ1) is 7.10. The summed E-state index contributed by atoms with van der Waals surface area (Å²) < 4.78 is 0. The first kappa shape index (κ1) is 12.1. The summed E-state index contributed by atoms with van der Waals surface area (Å²) in [6, 6.07) is 4.94. The molecule has 0 spiro atoms. The van der Waals surface area contributed by atoms with Gasteiger partial charge in [-0.15, -0.1) is 0 Å². The van der Waals surface area contributed by atoms with E-state index in [9.17, 15) is 4.79 Å². The second-order valence-electron chi connectivity index (χ2n) is 3.21. The van der Waals surface area contributed by atoms with Gasteiger partial charge in [-0.05, 0) is 32.0 Å². The van der Waals surface area contributed by atoms with Crippen molar-refractivity contribution in [3.05, 3.63) is 28.8 Å². The molecule has 0 saturated carbocycles. The average molecular weight is 221 g/mol. The number of hydrogen-bond donors (Lipinski definition) is 0. The van der Waals surface area contributed by atoms with Gasteiger partial charge >= 0.3 is 0 Å². The molecule has 0 aromatic heterocycles. The summed E-state index contributed by atoms with van der Waals surface area (Å²) in [6.45, 7) is 5.23. The molecule has 1 aromatic carbocycles. The van der Waals surface area contributed by atoms with Crippen LogP contribution >= 0.6 is 11.6 Å². The van der Waals surface area contributed by atoms with Crippen molar-refractivity contribution in [1.82, 2.24) is 4.90 Å². The third kappa shape index (κ3) is 2.75. The fourth-order valence-corrected chi connectivity index (χ4v) is 1.59. The number of carbonyl (C=O) groups excluding carboxylic acids is 1. The summed E-state index contributed by atoms with van der Waals surface area (Å²) in [4.78, 5) is 13.7. The summed E-state index contributed by atoms with van der Waals surface area (Å²) in [5, 5.41) is 0.545. The lowest BCUT2D eigenvalue weighted by Crippen LogP contribution is -2.33. The largest absolute Gasteiger partial charge is 0.339 e. The molecule has 0 bridgehead atoms. The molecule has 0 fully saturated rings. The summed E-state index contributed by atoms with van der Waals surface area (Å²) >= 11 is 5.76. The maximum absolute atomic E-state index is 11.9. The minimum atomic E-state index is -0.0471. The molecule has 0 saturated heterocycles.